The average Bonchev–Trinajstić information content (AvgIpc) is 3.57. The number of fused-ring (bicyclic) bond motifs is 3. The molecule has 0 unspecified atom stereocenters. The van der Waals surface area contributed by atoms with Crippen molar-refractivity contribution in [1.29, 1.82) is 0 Å². The Balaban J connectivity index is 1.14. The Morgan fingerprint density at radius 1 is 0.400 bits per heavy atom. The van der Waals surface area contributed by atoms with Gasteiger partial charge in [-0.05, 0) is 64.6 Å². The molecule has 0 bridgehead atoms. The molecule has 9 aromatic rings. The maximum atomic E-state index is 6.40. The van der Waals surface area contributed by atoms with Crippen LogP contribution >= 0.6 is 0 Å². The van der Waals surface area contributed by atoms with Crippen LogP contribution in [0.1, 0.15) is 5.56 Å². The number of hydrogen-bond donors (Lipinski definition) is 0. The first-order valence-corrected chi connectivity index (χ1v) is 16.6. The molecule has 3 aromatic heterocycles. The first kappa shape index (κ1) is 29.4. The summed E-state index contributed by atoms with van der Waals surface area (Å²) in [7, 11) is 0. The molecule has 6 aromatic carbocycles. The van der Waals surface area contributed by atoms with Crippen molar-refractivity contribution in [3.8, 4) is 67.7 Å². The minimum atomic E-state index is 0.481. The fourth-order valence-corrected chi connectivity index (χ4v) is 6.54. The Morgan fingerprint density at radius 3 is 1.70 bits per heavy atom. The maximum Gasteiger partial charge on any atom is 0.227 e. The van der Waals surface area contributed by atoms with Gasteiger partial charge in [0.1, 0.15) is 11.3 Å². The van der Waals surface area contributed by atoms with Crippen LogP contribution in [0.2, 0.25) is 0 Å². The minimum Gasteiger partial charge on any atom is -0.438 e. The molecule has 0 aliphatic heterocycles. The number of pyridine rings is 1. The molecule has 0 radical (unpaired) electrons. The monoisotopic (exact) mass is 642 g/mol. The lowest BCUT2D eigenvalue weighted by atomic mass is 9.96. The van der Waals surface area contributed by atoms with Gasteiger partial charge in [0, 0.05) is 21.9 Å². The van der Waals surface area contributed by atoms with Crippen LogP contribution in [-0.2, 0) is 0 Å². The van der Waals surface area contributed by atoms with E-state index in [4.69, 9.17) is 24.4 Å². The predicted octanol–water partition coefficient (Wildman–Crippen LogP) is 11.5. The van der Waals surface area contributed by atoms with E-state index in [9.17, 15) is 0 Å². The molecule has 0 aliphatic carbocycles. The molecule has 5 heteroatoms. The molecule has 0 fully saturated rings. The highest BCUT2D eigenvalue weighted by Gasteiger charge is 2.18. The largest absolute Gasteiger partial charge is 0.438 e. The molecule has 0 saturated heterocycles. The first-order chi connectivity index (χ1) is 24.7. The lowest BCUT2D eigenvalue weighted by molar-refractivity contribution is 0.654. The summed E-state index contributed by atoms with van der Waals surface area (Å²) in [5.41, 5.74) is 11.8. The molecule has 9 rings (SSSR count). The van der Waals surface area contributed by atoms with Gasteiger partial charge in [0.05, 0.1) is 0 Å². The fourth-order valence-electron chi connectivity index (χ4n) is 6.54. The number of nitrogens with zero attached hydrogens (tertiary/aromatic N) is 4. The van der Waals surface area contributed by atoms with Crippen molar-refractivity contribution >= 4 is 22.1 Å². The van der Waals surface area contributed by atoms with Gasteiger partial charge in [-0.15, -0.1) is 0 Å². The van der Waals surface area contributed by atoms with Crippen LogP contribution in [0.25, 0.3) is 89.7 Å². The van der Waals surface area contributed by atoms with Gasteiger partial charge in [-0.1, -0.05) is 145 Å². The lowest BCUT2D eigenvalue weighted by Gasteiger charge is -2.09. The summed E-state index contributed by atoms with van der Waals surface area (Å²) in [5.74, 6) is 1.65. The smallest absolute Gasteiger partial charge is 0.227 e. The highest BCUT2D eigenvalue weighted by Crippen LogP contribution is 2.38. The van der Waals surface area contributed by atoms with Crippen LogP contribution in [0.5, 0.6) is 0 Å². The molecular weight excluding hydrogens is 613 g/mol. The second kappa shape index (κ2) is 12.4. The van der Waals surface area contributed by atoms with E-state index in [0.29, 0.717) is 28.9 Å². The van der Waals surface area contributed by atoms with Gasteiger partial charge in [-0.25, -0.2) is 19.9 Å². The zero-order valence-corrected chi connectivity index (χ0v) is 27.3. The van der Waals surface area contributed by atoms with E-state index < -0.39 is 0 Å². The van der Waals surface area contributed by atoms with E-state index in [1.165, 1.54) is 16.7 Å². The van der Waals surface area contributed by atoms with Gasteiger partial charge >= 0.3 is 0 Å². The van der Waals surface area contributed by atoms with Crippen LogP contribution < -0.4 is 0 Å². The van der Waals surface area contributed by atoms with Gasteiger partial charge in [0.25, 0.3) is 0 Å². The molecule has 3 heterocycles. The van der Waals surface area contributed by atoms with Crippen molar-refractivity contribution in [2.24, 2.45) is 0 Å². The van der Waals surface area contributed by atoms with E-state index in [2.05, 4.69) is 116 Å². The Hall–Kier alpha value is -6.72. The number of aryl methyl sites for hydroxylation is 1. The third-order valence-electron chi connectivity index (χ3n) is 9.03. The molecular formula is C45H30N4O. The number of benzene rings is 6. The highest BCUT2D eigenvalue weighted by atomic mass is 16.3. The van der Waals surface area contributed by atoms with Crippen molar-refractivity contribution in [3.63, 3.8) is 0 Å². The van der Waals surface area contributed by atoms with E-state index in [1.807, 2.05) is 54.6 Å². The maximum absolute atomic E-state index is 6.40. The third kappa shape index (κ3) is 5.51. The summed E-state index contributed by atoms with van der Waals surface area (Å²) < 4.78 is 6.40. The molecule has 5 nitrogen and oxygen atoms in total. The van der Waals surface area contributed by atoms with Gasteiger partial charge in [0.15, 0.2) is 17.5 Å². The average molecular weight is 643 g/mol. The van der Waals surface area contributed by atoms with Crippen LogP contribution in [0.15, 0.2) is 168 Å². The number of hydrogen-bond acceptors (Lipinski definition) is 5. The lowest BCUT2D eigenvalue weighted by Crippen LogP contribution is -2.01. The second-order valence-corrected chi connectivity index (χ2v) is 12.4. The van der Waals surface area contributed by atoms with E-state index >= 15 is 0 Å². The second-order valence-electron chi connectivity index (χ2n) is 12.4. The summed E-state index contributed by atoms with van der Waals surface area (Å²) in [5, 5.41) is 1.97. The third-order valence-corrected chi connectivity index (χ3v) is 9.03. The van der Waals surface area contributed by atoms with Crippen LogP contribution in [0.3, 0.4) is 0 Å². The molecule has 0 atom stereocenters. The van der Waals surface area contributed by atoms with Crippen molar-refractivity contribution in [2.75, 3.05) is 0 Å². The van der Waals surface area contributed by atoms with E-state index in [-0.39, 0.29) is 0 Å². The zero-order chi connectivity index (χ0) is 33.4. The predicted molar refractivity (Wildman–Crippen MR) is 202 cm³/mol. The molecule has 236 valence electrons. The highest BCUT2D eigenvalue weighted by molar-refractivity contribution is 6.12. The van der Waals surface area contributed by atoms with Crippen LogP contribution in [0.4, 0.5) is 0 Å². The molecule has 0 saturated carbocycles. The summed E-state index contributed by atoms with van der Waals surface area (Å²) in [6.45, 7) is 2.11. The van der Waals surface area contributed by atoms with Crippen molar-refractivity contribution in [3.05, 3.63) is 169 Å². The number of rotatable bonds is 6. The zero-order valence-electron chi connectivity index (χ0n) is 27.3. The van der Waals surface area contributed by atoms with Gasteiger partial charge in [-0.2, -0.15) is 0 Å². The molecule has 0 N–H and O–H groups in total. The number of aromatic nitrogens is 4. The summed E-state index contributed by atoms with van der Waals surface area (Å²) in [6, 6.07) is 56.1. The normalized spacial score (nSPS) is 11.3. The van der Waals surface area contributed by atoms with Crippen LogP contribution in [-0.4, -0.2) is 19.9 Å². The Bertz CT molecular complexity index is 2650. The fraction of sp³-hybridized carbons (Fsp3) is 0.0222. The molecule has 0 spiro atoms. The minimum absolute atomic E-state index is 0.481. The van der Waals surface area contributed by atoms with Crippen molar-refractivity contribution in [2.45, 2.75) is 6.92 Å². The van der Waals surface area contributed by atoms with Crippen molar-refractivity contribution in [1.82, 2.24) is 19.9 Å². The van der Waals surface area contributed by atoms with Gasteiger partial charge in [-0.3, -0.25) is 0 Å². The van der Waals surface area contributed by atoms with Gasteiger partial charge < -0.3 is 4.42 Å². The summed E-state index contributed by atoms with van der Waals surface area (Å²) in [4.78, 5) is 19.8. The quantitative estimate of drug-likeness (QED) is 0.181. The topological polar surface area (TPSA) is 64.7 Å². The van der Waals surface area contributed by atoms with Gasteiger partial charge in [0.2, 0.25) is 5.71 Å². The van der Waals surface area contributed by atoms with E-state index in [1.54, 1.807) is 0 Å². The summed E-state index contributed by atoms with van der Waals surface area (Å²) in [6.07, 6.45) is 0. The molecule has 0 aliphatic rings. The SMILES string of the molecule is Cc1cccc(-c2ccc(-c3nc(-c4ccccc4)nc(-c4ccc5c(n4)oc4cccc(-c6cccc(-c7ccccc7)c6)c45)n3)cc2)c1. The Morgan fingerprint density at radius 2 is 0.960 bits per heavy atom. The molecule has 0 amide bonds. The number of furan rings is 1. The first-order valence-electron chi connectivity index (χ1n) is 16.6. The van der Waals surface area contributed by atoms with E-state index in [0.717, 1.165) is 49.7 Å². The van der Waals surface area contributed by atoms with Crippen molar-refractivity contribution < 1.29 is 4.42 Å². The summed E-state index contributed by atoms with van der Waals surface area (Å²) >= 11 is 0. The Labute approximate surface area is 289 Å². The molecule has 50 heavy (non-hydrogen) atoms. The standard InChI is InChI=1S/C45H30N4O/c1-29-11-8-16-34(27-29)31-21-23-33(24-22-31)43-47-42(32-14-6-3-7-15-32)48-44(49-43)39-26-25-38-41-37(19-10-20-40(41)50-45(38)46-39)36-18-9-17-35(28-36)30-12-4-2-5-13-30/h2-28H,1H3. The Kier molecular flexibility index (Phi) is 7.29. The van der Waals surface area contributed by atoms with Crippen LogP contribution in [0, 0.1) is 6.92 Å².